The van der Waals surface area contributed by atoms with Crippen molar-refractivity contribution < 1.29 is 9.47 Å². The number of thiophene rings is 1. The van der Waals surface area contributed by atoms with Crippen LogP contribution in [-0.4, -0.2) is 24.8 Å². The van der Waals surface area contributed by atoms with E-state index in [4.69, 9.17) is 15.3 Å². The second-order valence-electron chi connectivity index (χ2n) is 4.61. The Morgan fingerprint density at radius 3 is 3.06 bits per heavy atom. The quantitative estimate of drug-likeness (QED) is 0.781. The molecule has 94 valence electrons. The molecule has 4 nitrogen and oxygen atoms in total. The highest BCUT2D eigenvalue weighted by atomic mass is 32.1. The van der Waals surface area contributed by atoms with Crippen LogP contribution in [-0.2, 0) is 0 Å². The first-order chi connectivity index (χ1) is 8.36. The summed E-state index contributed by atoms with van der Waals surface area (Å²) in [5.74, 6) is 7.08. The van der Waals surface area contributed by atoms with Gasteiger partial charge in [-0.15, -0.1) is 11.3 Å². The van der Waals surface area contributed by atoms with Crippen molar-refractivity contribution in [2.45, 2.75) is 31.7 Å². The lowest BCUT2D eigenvalue weighted by Crippen LogP contribution is -2.35. The number of nitrogens with zero attached hydrogens (tertiary/aromatic N) is 1. The largest absolute Gasteiger partial charge is 0.485 e. The summed E-state index contributed by atoms with van der Waals surface area (Å²) in [6.45, 7) is 2.27. The van der Waals surface area contributed by atoms with Gasteiger partial charge in [-0.1, -0.05) is 12.8 Å². The van der Waals surface area contributed by atoms with Gasteiger partial charge in [0.1, 0.15) is 13.2 Å². The van der Waals surface area contributed by atoms with Gasteiger partial charge >= 0.3 is 0 Å². The van der Waals surface area contributed by atoms with Crippen molar-refractivity contribution in [2.75, 3.05) is 19.8 Å². The lowest BCUT2D eigenvalue weighted by atomic mass is 10.0. The molecule has 5 heteroatoms. The van der Waals surface area contributed by atoms with E-state index >= 15 is 0 Å². The second kappa shape index (κ2) is 4.84. The molecule has 0 spiro atoms. The molecule has 1 aromatic heterocycles. The summed E-state index contributed by atoms with van der Waals surface area (Å²) in [4.78, 5) is 0. The molecule has 0 amide bonds. The molecule has 2 N–H and O–H groups in total. The Morgan fingerprint density at radius 2 is 2.12 bits per heavy atom. The van der Waals surface area contributed by atoms with Crippen LogP contribution in [0.3, 0.4) is 0 Å². The molecule has 1 unspecified atom stereocenters. The van der Waals surface area contributed by atoms with Gasteiger partial charge in [-0.3, -0.25) is 5.84 Å². The Hall–Kier alpha value is -0.780. The third kappa shape index (κ3) is 2.14. The van der Waals surface area contributed by atoms with E-state index in [2.05, 4.69) is 5.38 Å². The third-order valence-electron chi connectivity index (χ3n) is 3.46. The van der Waals surface area contributed by atoms with Gasteiger partial charge < -0.3 is 9.47 Å². The Bertz CT molecular complexity index is 394. The zero-order chi connectivity index (χ0) is 11.7. The summed E-state index contributed by atoms with van der Waals surface area (Å²) in [5, 5.41) is 5.03. The average molecular weight is 254 g/mol. The van der Waals surface area contributed by atoms with Crippen molar-refractivity contribution in [3.05, 3.63) is 10.9 Å². The van der Waals surface area contributed by atoms with Crippen LogP contribution in [0.5, 0.6) is 10.8 Å². The molecule has 0 bridgehead atoms. The summed E-state index contributed by atoms with van der Waals surface area (Å²) >= 11 is 1.63. The summed E-state index contributed by atoms with van der Waals surface area (Å²) in [5.41, 5.74) is 1.22. The predicted octanol–water partition coefficient (Wildman–Crippen LogP) is 2.31. The lowest BCUT2D eigenvalue weighted by Gasteiger charge is -2.26. The van der Waals surface area contributed by atoms with E-state index < -0.39 is 0 Å². The van der Waals surface area contributed by atoms with Crippen molar-refractivity contribution in [2.24, 2.45) is 5.84 Å². The number of hydrazine groups is 1. The van der Waals surface area contributed by atoms with Crippen molar-refractivity contribution >= 4 is 11.3 Å². The van der Waals surface area contributed by atoms with Gasteiger partial charge in [-0.05, 0) is 12.8 Å². The fraction of sp³-hybridized carbons (Fsp3) is 0.667. The maximum atomic E-state index is 6.14. The van der Waals surface area contributed by atoms with Crippen molar-refractivity contribution in [1.29, 1.82) is 0 Å². The van der Waals surface area contributed by atoms with E-state index in [0.717, 1.165) is 23.8 Å². The van der Waals surface area contributed by atoms with E-state index in [1.165, 1.54) is 24.8 Å². The Kier molecular flexibility index (Phi) is 3.22. The molecule has 0 radical (unpaired) electrons. The van der Waals surface area contributed by atoms with Crippen LogP contribution in [0.25, 0.3) is 0 Å². The first kappa shape index (κ1) is 11.3. The van der Waals surface area contributed by atoms with Crippen molar-refractivity contribution in [1.82, 2.24) is 5.01 Å². The lowest BCUT2D eigenvalue weighted by molar-refractivity contribution is 0.164. The highest BCUT2D eigenvalue weighted by Crippen LogP contribution is 2.45. The maximum Gasteiger partial charge on any atom is 0.217 e. The first-order valence-electron chi connectivity index (χ1n) is 6.24. The van der Waals surface area contributed by atoms with Gasteiger partial charge in [0, 0.05) is 17.5 Å². The molecule has 1 atom stereocenters. The molecule has 0 saturated carbocycles. The molecular formula is C12H18N2O2S. The van der Waals surface area contributed by atoms with Gasteiger partial charge in [-0.2, -0.15) is 0 Å². The van der Waals surface area contributed by atoms with E-state index in [0.29, 0.717) is 19.3 Å². The summed E-state index contributed by atoms with van der Waals surface area (Å²) in [6.07, 6.45) is 4.82. The third-order valence-corrected chi connectivity index (χ3v) is 4.35. The molecule has 3 rings (SSSR count). The van der Waals surface area contributed by atoms with E-state index in [9.17, 15) is 0 Å². The highest BCUT2D eigenvalue weighted by molar-refractivity contribution is 7.12. The van der Waals surface area contributed by atoms with E-state index in [1.807, 2.05) is 5.01 Å². The molecule has 0 aliphatic carbocycles. The highest BCUT2D eigenvalue weighted by Gasteiger charge is 2.28. The van der Waals surface area contributed by atoms with E-state index in [-0.39, 0.29) is 0 Å². The molecule has 2 aliphatic heterocycles. The Morgan fingerprint density at radius 1 is 1.24 bits per heavy atom. The van der Waals surface area contributed by atoms with Crippen LogP contribution in [0.15, 0.2) is 5.38 Å². The SMILES string of the molecule is NN1CCCCCC1c1csc2c1OCCO2. The van der Waals surface area contributed by atoms with Gasteiger partial charge in [0.15, 0.2) is 5.75 Å². The zero-order valence-corrected chi connectivity index (χ0v) is 10.7. The second-order valence-corrected chi connectivity index (χ2v) is 5.45. The molecular weight excluding hydrogens is 236 g/mol. The molecule has 1 aromatic rings. The zero-order valence-electron chi connectivity index (χ0n) is 9.85. The van der Waals surface area contributed by atoms with E-state index in [1.54, 1.807) is 11.3 Å². The van der Waals surface area contributed by atoms with Gasteiger partial charge in [-0.25, -0.2) is 5.01 Å². The van der Waals surface area contributed by atoms with Gasteiger partial charge in [0.05, 0.1) is 6.04 Å². The van der Waals surface area contributed by atoms with Gasteiger partial charge in [0.2, 0.25) is 5.06 Å². The molecule has 2 aliphatic rings. The fourth-order valence-corrected chi connectivity index (χ4v) is 3.49. The molecule has 0 aromatic carbocycles. The van der Waals surface area contributed by atoms with Gasteiger partial charge in [0.25, 0.3) is 0 Å². The number of hydrogen-bond donors (Lipinski definition) is 1. The average Bonchev–Trinajstić information content (AvgIpc) is 2.66. The molecule has 1 saturated heterocycles. The molecule has 1 fully saturated rings. The summed E-state index contributed by atoms with van der Waals surface area (Å²) in [6, 6.07) is 0.291. The smallest absolute Gasteiger partial charge is 0.217 e. The number of hydrogen-bond acceptors (Lipinski definition) is 5. The molecule has 3 heterocycles. The minimum absolute atomic E-state index is 0.291. The minimum Gasteiger partial charge on any atom is -0.485 e. The molecule has 17 heavy (non-hydrogen) atoms. The summed E-state index contributed by atoms with van der Waals surface area (Å²) in [7, 11) is 0. The summed E-state index contributed by atoms with van der Waals surface area (Å²) < 4.78 is 11.3. The van der Waals surface area contributed by atoms with Crippen molar-refractivity contribution in [3.63, 3.8) is 0 Å². The normalized spacial score (nSPS) is 25.6. The van der Waals surface area contributed by atoms with Crippen LogP contribution >= 0.6 is 11.3 Å². The Balaban J connectivity index is 1.89. The van der Waals surface area contributed by atoms with Crippen LogP contribution in [0.2, 0.25) is 0 Å². The topological polar surface area (TPSA) is 47.7 Å². The van der Waals surface area contributed by atoms with Crippen molar-refractivity contribution in [3.8, 4) is 10.8 Å². The predicted molar refractivity (Wildman–Crippen MR) is 67.4 cm³/mol. The number of fused-ring (bicyclic) bond motifs is 1. The number of ether oxygens (including phenoxy) is 2. The maximum absolute atomic E-state index is 6.14. The number of rotatable bonds is 1. The number of nitrogens with two attached hydrogens (primary N) is 1. The van der Waals surface area contributed by atoms with Crippen LogP contribution in [0.1, 0.15) is 37.3 Å². The standard InChI is InChI=1S/C12H18N2O2S/c13-14-5-3-1-2-4-10(14)9-8-17-12-11(9)15-6-7-16-12/h8,10H,1-7,13H2. The van der Waals surface area contributed by atoms with Crippen LogP contribution in [0.4, 0.5) is 0 Å². The fourth-order valence-electron chi connectivity index (χ4n) is 2.56. The van der Waals surface area contributed by atoms with Crippen LogP contribution < -0.4 is 15.3 Å². The minimum atomic E-state index is 0.291. The Labute approximate surface area is 105 Å². The first-order valence-corrected chi connectivity index (χ1v) is 7.12. The monoisotopic (exact) mass is 254 g/mol. The van der Waals surface area contributed by atoms with Crippen LogP contribution in [0, 0.1) is 0 Å².